The molecule has 2 N–H and O–H groups in total. The summed E-state index contributed by atoms with van der Waals surface area (Å²) in [6.45, 7) is 18.6. The van der Waals surface area contributed by atoms with E-state index >= 15 is 0 Å². The zero-order chi connectivity index (χ0) is 29.1. The Kier molecular flexibility index (Phi) is 14.2. The highest BCUT2D eigenvalue weighted by Crippen LogP contribution is 2.43. The van der Waals surface area contributed by atoms with Gasteiger partial charge in [0.2, 0.25) is 0 Å². The van der Waals surface area contributed by atoms with Gasteiger partial charge in [-0.15, -0.1) is 12.6 Å². The number of allylic oxidation sites excluding steroid dienone is 2. The molecule has 1 aromatic rings. The molecule has 0 aromatic heterocycles. The van der Waals surface area contributed by atoms with Gasteiger partial charge in [-0.3, -0.25) is 0 Å². The minimum absolute atomic E-state index is 0.152. The van der Waals surface area contributed by atoms with E-state index in [4.69, 9.17) is 12.6 Å². The van der Waals surface area contributed by atoms with Gasteiger partial charge < -0.3 is 14.7 Å². The van der Waals surface area contributed by atoms with Crippen LogP contribution in [0.15, 0.2) is 33.8 Å². The summed E-state index contributed by atoms with van der Waals surface area (Å²) in [4.78, 5) is 0. The van der Waals surface area contributed by atoms with Crippen molar-refractivity contribution in [3.63, 3.8) is 0 Å². The Labute approximate surface area is 251 Å². The van der Waals surface area contributed by atoms with E-state index in [1.807, 2.05) is 0 Å². The van der Waals surface area contributed by atoms with E-state index in [1.54, 1.807) is 11.9 Å². The molecule has 1 aromatic carbocycles. The molecule has 0 fully saturated rings. The standard InChI is InChI=1S/C34H58N2OS2/c1-9-11-13-15-17-19-21-26-23-30(39-36(32(26)38)22-20-18-16-14-12-10-2)35-27-24-28(33(3,4)5)31(37)29(25-27)34(6,7)8/h23-25,35,37-38H,9-22H2,1-8H3. The number of hydrogen-bond acceptors (Lipinski definition) is 5. The van der Waals surface area contributed by atoms with E-state index in [-0.39, 0.29) is 10.8 Å². The Morgan fingerprint density at radius 1 is 0.769 bits per heavy atom. The fourth-order valence-corrected chi connectivity index (χ4v) is 6.51. The van der Waals surface area contributed by atoms with Crippen molar-refractivity contribution >= 4 is 30.3 Å². The summed E-state index contributed by atoms with van der Waals surface area (Å²) >= 11 is 6.81. The first-order valence-corrected chi connectivity index (χ1v) is 16.8. The van der Waals surface area contributed by atoms with E-state index < -0.39 is 0 Å². The number of unbranched alkanes of at least 4 members (excludes halogenated alkanes) is 10. The van der Waals surface area contributed by atoms with Crippen LogP contribution in [-0.2, 0) is 10.8 Å². The van der Waals surface area contributed by atoms with Crippen molar-refractivity contribution in [2.24, 2.45) is 0 Å². The molecular formula is C34H58N2OS2. The Bertz CT molecular complexity index is 918. The number of phenols is 1. The quantitative estimate of drug-likeness (QED) is 0.0794. The van der Waals surface area contributed by atoms with Crippen LogP contribution in [0.3, 0.4) is 0 Å². The van der Waals surface area contributed by atoms with Gasteiger partial charge in [-0.05, 0) is 53.9 Å². The fraction of sp³-hybridized carbons (Fsp3) is 0.706. The van der Waals surface area contributed by atoms with Crippen molar-refractivity contribution in [1.29, 1.82) is 0 Å². The van der Waals surface area contributed by atoms with Gasteiger partial charge in [0.15, 0.2) is 0 Å². The van der Waals surface area contributed by atoms with Crippen LogP contribution in [-0.4, -0.2) is 16.0 Å². The molecule has 1 heterocycles. The molecule has 0 unspecified atom stereocenters. The highest BCUT2D eigenvalue weighted by Gasteiger charge is 2.27. The van der Waals surface area contributed by atoms with Gasteiger partial charge in [-0.2, -0.15) is 0 Å². The smallest absolute Gasteiger partial charge is 0.123 e. The van der Waals surface area contributed by atoms with Gasteiger partial charge >= 0.3 is 0 Å². The minimum Gasteiger partial charge on any atom is -0.507 e. The predicted octanol–water partition coefficient (Wildman–Crippen LogP) is 11.5. The average Bonchev–Trinajstić information content (AvgIpc) is 2.85. The van der Waals surface area contributed by atoms with Crippen LogP contribution in [0.2, 0.25) is 0 Å². The summed E-state index contributed by atoms with van der Waals surface area (Å²) in [7, 11) is 0. The second kappa shape index (κ2) is 16.3. The molecule has 0 radical (unpaired) electrons. The maximum absolute atomic E-state index is 11.2. The normalized spacial score (nSPS) is 14.7. The van der Waals surface area contributed by atoms with Gasteiger partial charge in [0.25, 0.3) is 0 Å². The number of thiol groups is 1. The molecule has 0 saturated heterocycles. The summed E-state index contributed by atoms with van der Waals surface area (Å²) < 4.78 is 2.40. The molecule has 2 rings (SSSR count). The third-order valence-electron chi connectivity index (χ3n) is 7.55. The minimum atomic E-state index is -0.152. The monoisotopic (exact) mass is 574 g/mol. The number of aromatic hydroxyl groups is 1. The van der Waals surface area contributed by atoms with Crippen LogP contribution >= 0.6 is 24.6 Å². The molecule has 0 saturated carbocycles. The lowest BCUT2D eigenvalue weighted by Gasteiger charge is -2.32. The third-order valence-corrected chi connectivity index (χ3v) is 9.21. The van der Waals surface area contributed by atoms with Crippen molar-refractivity contribution < 1.29 is 5.11 Å². The lowest BCUT2D eigenvalue weighted by Crippen LogP contribution is -2.21. The first-order chi connectivity index (χ1) is 18.4. The summed E-state index contributed by atoms with van der Waals surface area (Å²) in [5.41, 5.74) is 4.05. The zero-order valence-corrected chi connectivity index (χ0v) is 28.1. The van der Waals surface area contributed by atoms with Gasteiger partial charge in [0.1, 0.15) is 5.75 Å². The van der Waals surface area contributed by atoms with Crippen LogP contribution in [0, 0.1) is 0 Å². The molecule has 1 aliphatic rings. The molecule has 0 spiro atoms. The largest absolute Gasteiger partial charge is 0.507 e. The first-order valence-electron chi connectivity index (χ1n) is 15.6. The third kappa shape index (κ3) is 11.3. The fourth-order valence-electron chi connectivity index (χ4n) is 5.09. The summed E-state index contributed by atoms with van der Waals surface area (Å²) in [5, 5.41) is 17.2. The molecule has 222 valence electrons. The zero-order valence-electron chi connectivity index (χ0n) is 26.4. The molecule has 0 aliphatic carbocycles. The molecule has 0 atom stereocenters. The molecule has 0 amide bonds. The first kappa shape index (κ1) is 34.0. The van der Waals surface area contributed by atoms with Gasteiger partial charge in [0, 0.05) is 35.3 Å². The Balaban J connectivity index is 2.26. The van der Waals surface area contributed by atoms with Crippen molar-refractivity contribution in [1.82, 2.24) is 4.31 Å². The second-order valence-corrected chi connectivity index (χ2v) is 14.9. The number of nitrogens with zero attached hydrogens (tertiary/aromatic N) is 1. The number of anilines is 1. The number of nitrogens with one attached hydrogen (secondary N) is 1. The summed E-state index contributed by atoms with van der Waals surface area (Å²) in [6.07, 6.45) is 19.0. The van der Waals surface area contributed by atoms with E-state index in [0.29, 0.717) is 5.75 Å². The second-order valence-electron chi connectivity index (χ2n) is 13.4. The molecule has 39 heavy (non-hydrogen) atoms. The van der Waals surface area contributed by atoms with Gasteiger partial charge in [0.05, 0.1) is 10.1 Å². The highest BCUT2D eigenvalue weighted by atomic mass is 32.2. The van der Waals surface area contributed by atoms with Gasteiger partial charge in [-0.25, -0.2) is 0 Å². The molecule has 5 heteroatoms. The van der Waals surface area contributed by atoms with E-state index in [0.717, 1.165) is 39.8 Å². The van der Waals surface area contributed by atoms with Crippen molar-refractivity contribution in [2.75, 3.05) is 11.9 Å². The Morgan fingerprint density at radius 3 is 1.77 bits per heavy atom. The number of hydrogen-bond donors (Lipinski definition) is 3. The van der Waals surface area contributed by atoms with Crippen molar-refractivity contribution in [3.8, 4) is 5.75 Å². The average molecular weight is 575 g/mol. The van der Waals surface area contributed by atoms with Crippen LogP contribution in [0.1, 0.15) is 150 Å². The van der Waals surface area contributed by atoms with E-state index in [9.17, 15) is 5.11 Å². The molecule has 3 nitrogen and oxygen atoms in total. The van der Waals surface area contributed by atoms with Crippen LogP contribution in [0.4, 0.5) is 5.69 Å². The predicted molar refractivity (Wildman–Crippen MR) is 179 cm³/mol. The SMILES string of the molecule is CCCCCCCCC1=C(S)N(CCCCCCCC)SC(Nc2cc(C(C)(C)C)c(O)c(C(C)(C)C)c2)=C1. The number of phenolic OH excluding ortho intramolecular Hbond substituents is 1. The summed E-state index contributed by atoms with van der Waals surface area (Å²) in [6, 6.07) is 4.27. The maximum Gasteiger partial charge on any atom is 0.123 e. The lowest BCUT2D eigenvalue weighted by atomic mass is 9.79. The van der Waals surface area contributed by atoms with Crippen molar-refractivity contribution in [3.05, 3.63) is 45.0 Å². The molecule has 1 aliphatic heterocycles. The van der Waals surface area contributed by atoms with Crippen LogP contribution < -0.4 is 5.32 Å². The highest BCUT2D eigenvalue weighted by molar-refractivity contribution is 8.02. The summed E-state index contributed by atoms with van der Waals surface area (Å²) in [5.74, 6) is 0.428. The van der Waals surface area contributed by atoms with Crippen LogP contribution in [0.25, 0.3) is 0 Å². The van der Waals surface area contributed by atoms with Gasteiger partial charge in [-0.1, -0.05) is 120 Å². The van der Waals surface area contributed by atoms with Crippen molar-refractivity contribution in [2.45, 2.75) is 150 Å². The maximum atomic E-state index is 11.2. The van der Waals surface area contributed by atoms with Crippen LogP contribution in [0.5, 0.6) is 5.75 Å². The number of benzene rings is 1. The Morgan fingerprint density at radius 2 is 1.26 bits per heavy atom. The van der Waals surface area contributed by atoms with E-state index in [2.05, 4.69) is 83.2 Å². The Hall–Kier alpha value is -1.20. The topological polar surface area (TPSA) is 35.5 Å². The van der Waals surface area contributed by atoms with E-state index in [1.165, 1.54) is 82.6 Å². The number of rotatable bonds is 16. The molecular weight excluding hydrogens is 517 g/mol. The lowest BCUT2D eigenvalue weighted by molar-refractivity contribution is 0.423. The molecule has 0 bridgehead atoms.